The van der Waals surface area contributed by atoms with Crippen LogP contribution in [0.1, 0.15) is 31.9 Å². The summed E-state index contributed by atoms with van der Waals surface area (Å²) in [6.07, 6.45) is 4.58. The van der Waals surface area contributed by atoms with E-state index in [-0.39, 0.29) is 0 Å². The Bertz CT molecular complexity index is 327. The molecule has 2 atom stereocenters. The van der Waals surface area contributed by atoms with E-state index >= 15 is 0 Å². The molecule has 0 aromatic carbocycles. The van der Waals surface area contributed by atoms with Crippen molar-refractivity contribution >= 4 is 17.6 Å². The van der Waals surface area contributed by atoms with Crippen LogP contribution in [0.15, 0.2) is 18.3 Å². The monoisotopic (exact) mass is 254 g/mol. The Morgan fingerprint density at radius 3 is 2.59 bits per heavy atom. The van der Waals surface area contributed by atoms with Crippen LogP contribution in [0.25, 0.3) is 0 Å². The largest absolute Gasteiger partial charge is 0.389 e. The molecule has 0 radical (unpaired) electrons. The van der Waals surface area contributed by atoms with E-state index in [4.69, 9.17) is 0 Å². The summed E-state index contributed by atoms with van der Waals surface area (Å²) in [6.45, 7) is 3.96. The molecule has 0 aliphatic rings. The summed E-state index contributed by atoms with van der Waals surface area (Å²) in [5.41, 5.74) is 0.860. The van der Waals surface area contributed by atoms with Gasteiger partial charge in [0.2, 0.25) is 0 Å². The van der Waals surface area contributed by atoms with E-state index in [1.807, 2.05) is 23.9 Å². The van der Waals surface area contributed by atoms with Crippen LogP contribution in [0.5, 0.6) is 0 Å². The summed E-state index contributed by atoms with van der Waals surface area (Å²) in [5.74, 6) is 2.13. The Morgan fingerprint density at radius 1 is 1.41 bits per heavy atom. The number of anilines is 1. The number of hydrogen-bond donors (Lipinski definition) is 1. The maximum Gasteiger partial charge on any atom is 0.128 e. The molecule has 0 aliphatic carbocycles. The van der Waals surface area contributed by atoms with Gasteiger partial charge in [-0.05, 0) is 43.9 Å². The number of aliphatic hydroxyl groups excluding tert-OH is 1. The zero-order valence-corrected chi connectivity index (χ0v) is 11.9. The summed E-state index contributed by atoms with van der Waals surface area (Å²) in [7, 11) is 2.06. The molecule has 1 heterocycles. The van der Waals surface area contributed by atoms with Crippen molar-refractivity contribution in [2.45, 2.75) is 32.4 Å². The summed E-state index contributed by atoms with van der Waals surface area (Å²) >= 11 is 1.87. The molecule has 0 amide bonds. The number of rotatable bonds is 6. The van der Waals surface area contributed by atoms with Gasteiger partial charge in [0.25, 0.3) is 0 Å². The van der Waals surface area contributed by atoms with Crippen LogP contribution in [0.3, 0.4) is 0 Å². The number of hydrogen-bond acceptors (Lipinski definition) is 4. The van der Waals surface area contributed by atoms with Crippen molar-refractivity contribution < 1.29 is 5.11 Å². The molecule has 1 N–H and O–H groups in total. The van der Waals surface area contributed by atoms with Gasteiger partial charge in [0.1, 0.15) is 5.82 Å². The molecule has 96 valence electrons. The van der Waals surface area contributed by atoms with E-state index in [2.05, 4.69) is 30.1 Å². The minimum atomic E-state index is -0.448. The topological polar surface area (TPSA) is 36.4 Å². The third kappa shape index (κ3) is 4.21. The highest BCUT2D eigenvalue weighted by Gasteiger charge is 2.11. The van der Waals surface area contributed by atoms with Crippen LogP contribution in [0.4, 0.5) is 5.82 Å². The standard InChI is InChI=1S/C13H22N2OS/c1-10(7-8-17-4)15(3)13-6-5-12(9-14-13)11(2)16/h5-6,9-11,16H,7-8H2,1-4H3/t10?,11-/m1/s1. The minimum absolute atomic E-state index is 0.448. The molecular weight excluding hydrogens is 232 g/mol. The number of aromatic nitrogens is 1. The van der Waals surface area contributed by atoms with Crippen LogP contribution in [-0.2, 0) is 0 Å². The summed E-state index contributed by atoms with van der Waals surface area (Å²) in [6, 6.07) is 4.38. The molecule has 1 aromatic heterocycles. The van der Waals surface area contributed by atoms with Crippen molar-refractivity contribution in [1.82, 2.24) is 4.98 Å². The van der Waals surface area contributed by atoms with E-state index in [1.165, 1.54) is 0 Å². The first-order valence-corrected chi connectivity index (χ1v) is 7.31. The zero-order valence-electron chi connectivity index (χ0n) is 11.1. The van der Waals surface area contributed by atoms with Gasteiger partial charge in [-0.15, -0.1) is 0 Å². The molecule has 0 fully saturated rings. The van der Waals surface area contributed by atoms with E-state index < -0.39 is 6.10 Å². The quantitative estimate of drug-likeness (QED) is 0.847. The van der Waals surface area contributed by atoms with Crippen molar-refractivity contribution in [3.63, 3.8) is 0 Å². The average Bonchev–Trinajstić information content (AvgIpc) is 2.35. The third-order valence-corrected chi connectivity index (χ3v) is 3.66. The smallest absolute Gasteiger partial charge is 0.128 e. The average molecular weight is 254 g/mol. The maximum absolute atomic E-state index is 9.42. The van der Waals surface area contributed by atoms with Crippen LogP contribution in [-0.4, -0.2) is 35.2 Å². The molecule has 1 aromatic rings. The Labute approximate surface area is 108 Å². The molecule has 0 bridgehead atoms. The number of aliphatic hydroxyl groups is 1. The van der Waals surface area contributed by atoms with E-state index in [0.29, 0.717) is 6.04 Å². The lowest BCUT2D eigenvalue weighted by atomic mass is 10.2. The lowest BCUT2D eigenvalue weighted by molar-refractivity contribution is 0.199. The fraction of sp³-hybridized carbons (Fsp3) is 0.615. The maximum atomic E-state index is 9.42. The molecule has 1 unspecified atom stereocenters. The Kier molecular flexibility index (Phi) is 5.78. The van der Waals surface area contributed by atoms with Crippen LogP contribution in [0.2, 0.25) is 0 Å². The molecule has 0 spiro atoms. The van der Waals surface area contributed by atoms with Gasteiger partial charge in [-0.1, -0.05) is 6.07 Å². The number of pyridine rings is 1. The highest BCUT2D eigenvalue weighted by Crippen LogP contribution is 2.18. The summed E-state index contributed by atoms with van der Waals surface area (Å²) < 4.78 is 0. The van der Waals surface area contributed by atoms with E-state index in [9.17, 15) is 5.11 Å². The Morgan fingerprint density at radius 2 is 2.12 bits per heavy atom. The summed E-state index contributed by atoms with van der Waals surface area (Å²) in [5, 5.41) is 9.42. The van der Waals surface area contributed by atoms with Crippen molar-refractivity contribution in [3.05, 3.63) is 23.9 Å². The predicted molar refractivity (Wildman–Crippen MR) is 75.7 cm³/mol. The van der Waals surface area contributed by atoms with Gasteiger partial charge < -0.3 is 10.0 Å². The van der Waals surface area contributed by atoms with E-state index in [1.54, 1.807) is 13.1 Å². The normalized spacial score (nSPS) is 14.4. The first kappa shape index (κ1) is 14.3. The Hall–Kier alpha value is -0.740. The number of thioether (sulfide) groups is 1. The molecule has 3 nitrogen and oxygen atoms in total. The first-order chi connectivity index (χ1) is 8.06. The molecular formula is C13H22N2OS. The van der Waals surface area contributed by atoms with Gasteiger partial charge in [0.15, 0.2) is 0 Å². The van der Waals surface area contributed by atoms with Gasteiger partial charge in [-0.3, -0.25) is 0 Å². The van der Waals surface area contributed by atoms with Crippen molar-refractivity contribution in [2.24, 2.45) is 0 Å². The predicted octanol–water partition coefficient (Wildman–Crippen LogP) is 2.71. The molecule has 0 saturated heterocycles. The lowest BCUT2D eigenvalue weighted by Gasteiger charge is -2.26. The van der Waals surface area contributed by atoms with Crippen LogP contribution >= 0.6 is 11.8 Å². The molecule has 0 aliphatic heterocycles. The fourth-order valence-corrected chi connectivity index (χ4v) is 2.14. The zero-order chi connectivity index (χ0) is 12.8. The number of nitrogens with zero attached hydrogens (tertiary/aromatic N) is 2. The third-order valence-electron chi connectivity index (χ3n) is 3.02. The van der Waals surface area contributed by atoms with Gasteiger partial charge >= 0.3 is 0 Å². The second kappa shape index (κ2) is 6.87. The van der Waals surface area contributed by atoms with Crippen LogP contribution in [0, 0.1) is 0 Å². The minimum Gasteiger partial charge on any atom is -0.389 e. The second-order valence-corrected chi connectivity index (χ2v) is 5.35. The highest BCUT2D eigenvalue weighted by molar-refractivity contribution is 7.98. The van der Waals surface area contributed by atoms with Gasteiger partial charge in [-0.25, -0.2) is 4.98 Å². The molecule has 1 rings (SSSR count). The second-order valence-electron chi connectivity index (χ2n) is 4.37. The fourth-order valence-electron chi connectivity index (χ4n) is 1.56. The first-order valence-electron chi connectivity index (χ1n) is 5.92. The summed E-state index contributed by atoms with van der Waals surface area (Å²) in [4.78, 5) is 6.57. The SMILES string of the molecule is CSCCC(C)N(C)c1ccc([C@@H](C)O)cn1. The van der Waals surface area contributed by atoms with Crippen molar-refractivity contribution in [2.75, 3.05) is 24.0 Å². The van der Waals surface area contributed by atoms with Crippen molar-refractivity contribution in [3.8, 4) is 0 Å². The van der Waals surface area contributed by atoms with E-state index in [0.717, 1.165) is 23.6 Å². The van der Waals surface area contributed by atoms with Crippen molar-refractivity contribution in [1.29, 1.82) is 0 Å². The van der Waals surface area contributed by atoms with Gasteiger partial charge in [-0.2, -0.15) is 11.8 Å². The lowest BCUT2D eigenvalue weighted by Crippen LogP contribution is -2.30. The highest BCUT2D eigenvalue weighted by atomic mass is 32.2. The molecule has 17 heavy (non-hydrogen) atoms. The van der Waals surface area contributed by atoms with Crippen LogP contribution < -0.4 is 4.90 Å². The van der Waals surface area contributed by atoms with Gasteiger partial charge in [0.05, 0.1) is 6.10 Å². The molecule has 4 heteroatoms. The Balaban J connectivity index is 2.65. The molecule has 0 saturated carbocycles. The van der Waals surface area contributed by atoms with Gasteiger partial charge in [0, 0.05) is 19.3 Å².